The normalized spacial score (nSPS) is 20.6. The first-order chi connectivity index (χ1) is 13.6. The number of hydrogen-bond acceptors (Lipinski definition) is 7. The number of benzene rings is 1. The van der Waals surface area contributed by atoms with Gasteiger partial charge in [-0.05, 0) is 36.2 Å². The molecule has 0 aliphatic carbocycles. The SMILES string of the molecule is O=C1O[C@H](CNSc2ccoc2)CN1c1ccc(N2CCS(=O)CC2)c(F)c1. The van der Waals surface area contributed by atoms with Gasteiger partial charge in [0.25, 0.3) is 0 Å². The molecular formula is C18H20FN3O4S2. The minimum absolute atomic E-state index is 0.327. The lowest BCUT2D eigenvalue weighted by Crippen LogP contribution is -2.38. The molecule has 1 N–H and O–H groups in total. The van der Waals surface area contributed by atoms with Gasteiger partial charge in [-0.1, -0.05) is 0 Å². The predicted octanol–water partition coefficient (Wildman–Crippen LogP) is 2.61. The third kappa shape index (κ3) is 4.34. The molecule has 10 heteroatoms. The number of carbonyl (C=O) groups excluding carboxylic acids is 1. The molecule has 1 atom stereocenters. The largest absolute Gasteiger partial charge is 0.471 e. The van der Waals surface area contributed by atoms with Crippen molar-refractivity contribution in [2.75, 3.05) is 47.5 Å². The molecule has 2 aromatic rings. The van der Waals surface area contributed by atoms with Crippen molar-refractivity contribution >= 4 is 40.2 Å². The Bertz CT molecular complexity index is 855. The van der Waals surface area contributed by atoms with Gasteiger partial charge < -0.3 is 14.1 Å². The summed E-state index contributed by atoms with van der Waals surface area (Å²) in [5.74, 6) is 0.700. The van der Waals surface area contributed by atoms with E-state index in [2.05, 4.69) is 4.72 Å². The van der Waals surface area contributed by atoms with Gasteiger partial charge in [0, 0.05) is 41.9 Å². The zero-order valence-electron chi connectivity index (χ0n) is 15.0. The molecule has 1 aromatic heterocycles. The van der Waals surface area contributed by atoms with Crippen LogP contribution in [0.15, 0.2) is 46.1 Å². The third-order valence-electron chi connectivity index (χ3n) is 4.63. The smallest absolute Gasteiger partial charge is 0.414 e. The first-order valence-electron chi connectivity index (χ1n) is 8.89. The number of nitrogens with one attached hydrogen (secondary N) is 1. The van der Waals surface area contributed by atoms with Crippen LogP contribution in [-0.2, 0) is 15.5 Å². The number of amides is 1. The summed E-state index contributed by atoms with van der Waals surface area (Å²) in [4.78, 5) is 16.5. The van der Waals surface area contributed by atoms with Crippen LogP contribution in [0.4, 0.5) is 20.6 Å². The Kier molecular flexibility index (Phi) is 5.88. The second kappa shape index (κ2) is 8.54. The fourth-order valence-corrected chi connectivity index (χ4v) is 4.88. The van der Waals surface area contributed by atoms with E-state index in [9.17, 15) is 13.4 Å². The summed E-state index contributed by atoms with van der Waals surface area (Å²) in [6.07, 6.45) is 2.39. The molecule has 0 saturated carbocycles. The van der Waals surface area contributed by atoms with Crippen molar-refractivity contribution < 1.29 is 22.5 Å². The first-order valence-corrected chi connectivity index (χ1v) is 11.2. The Morgan fingerprint density at radius 3 is 2.82 bits per heavy atom. The lowest BCUT2D eigenvalue weighted by Gasteiger charge is -2.29. The van der Waals surface area contributed by atoms with Gasteiger partial charge in [0.2, 0.25) is 0 Å². The van der Waals surface area contributed by atoms with Gasteiger partial charge in [-0.2, -0.15) is 0 Å². The summed E-state index contributed by atoms with van der Waals surface area (Å²) in [6.45, 7) is 1.94. The highest BCUT2D eigenvalue weighted by molar-refractivity contribution is 7.97. The van der Waals surface area contributed by atoms with E-state index in [1.165, 1.54) is 22.9 Å². The minimum atomic E-state index is -0.816. The Morgan fingerprint density at radius 2 is 2.11 bits per heavy atom. The first kappa shape index (κ1) is 19.3. The standard InChI is InChI=1S/C18H20FN3O4S2/c19-16-9-13(1-2-17(16)21-4-7-28(24)8-5-21)22-11-14(26-18(22)23)10-20-27-15-3-6-25-12-15/h1-3,6,9,12,14,20H,4-5,7-8,10-11H2/t14-/m1/s1. The predicted molar refractivity (Wildman–Crippen MR) is 107 cm³/mol. The molecule has 2 aliphatic heterocycles. The maximum absolute atomic E-state index is 14.6. The monoisotopic (exact) mass is 425 g/mol. The topological polar surface area (TPSA) is 75.0 Å². The van der Waals surface area contributed by atoms with Crippen molar-refractivity contribution in [1.29, 1.82) is 0 Å². The van der Waals surface area contributed by atoms with E-state index in [0.717, 1.165) is 4.90 Å². The van der Waals surface area contributed by atoms with Crippen LogP contribution in [0, 0.1) is 5.82 Å². The molecule has 1 amide bonds. The maximum Gasteiger partial charge on any atom is 0.414 e. The van der Waals surface area contributed by atoms with E-state index in [4.69, 9.17) is 9.15 Å². The Balaban J connectivity index is 1.36. The van der Waals surface area contributed by atoms with Gasteiger partial charge in [0.15, 0.2) is 0 Å². The molecule has 0 radical (unpaired) electrons. The van der Waals surface area contributed by atoms with Crippen molar-refractivity contribution in [3.8, 4) is 0 Å². The van der Waals surface area contributed by atoms with Crippen LogP contribution in [0.5, 0.6) is 0 Å². The van der Waals surface area contributed by atoms with Crippen LogP contribution in [0.25, 0.3) is 0 Å². The molecular weight excluding hydrogens is 405 g/mol. The van der Waals surface area contributed by atoms with E-state index >= 15 is 0 Å². The van der Waals surface area contributed by atoms with E-state index in [-0.39, 0.29) is 6.10 Å². The van der Waals surface area contributed by atoms with Crippen LogP contribution in [0.3, 0.4) is 0 Å². The summed E-state index contributed by atoms with van der Waals surface area (Å²) in [5, 5.41) is 0. The number of hydrogen-bond donors (Lipinski definition) is 1. The van der Waals surface area contributed by atoms with Crippen molar-refractivity contribution in [2.45, 2.75) is 11.0 Å². The fraction of sp³-hybridized carbons (Fsp3) is 0.389. The van der Waals surface area contributed by atoms with Crippen molar-refractivity contribution in [1.82, 2.24) is 4.72 Å². The van der Waals surface area contributed by atoms with Crippen molar-refractivity contribution in [3.05, 3.63) is 42.6 Å². The third-order valence-corrected chi connectivity index (χ3v) is 6.69. The Labute approximate surface area is 168 Å². The molecule has 4 rings (SSSR count). The summed E-state index contributed by atoms with van der Waals surface area (Å²) in [6, 6.07) is 6.58. The van der Waals surface area contributed by atoms with E-state index < -0.39 is 22.7 Å². The zero-order valence-corrected chi connectivity index (χ0v) is 16.6. The number of cyclic esters (lactones) is 1. The lowest BCUT2D eigenvalue weighted by atomic mass is 10.2. The molecule has 2 aliphatic rings. The van der Waals surface area contributed by atoms with Crippen molar-refractivity contribution in [3.63, 3.8) is 0 Å². The second-order valence-electron chi connectivity index (χ2n) is 6.50. The van der Waals surface area contributed by atoms with Crippen LogP contribution >= 0.6 is 11.9 Å². The number of rotatable bonds is 6. The van der Waals surface area contributed by atoms with E-state index in [0.29, 0.717) is 49.1 Å². The summed E-state index contributed by atoms with van der Waals surface area (Å²) in [7, 11) is -0.816. The Hall–Kier alpha value is -2.04. The Morgan fingerprint density at radius 1 is 1.29 bits per heavy atom. The number of ether oxygens (including phenoxy) is 1. The molecule has 2 fully saturated rings. The second-order valence-corrected chi connectivity index (χ2v) is 9.16. The van der Waals surface area contributed by atoms with Gasteiger partial charge in [-0.3, -0.25) is 13.8 Å². The highest BCUT2D eigenvalue weighted by atomic mass is 32.2. The van der Waals surface area contributed by atoms with E-state index in [1.54, 1.807) is 24.7 Å². The van der Waals surface area contributed by atoms with Gasteiger partial charge in [0.1, 0.15) is 18.2 Å². The quantitative estimate of drug-likeness (QED) is 0.713. The number of anilines is 2. The average Bonchev–Trinajstić information content (AvgIpc) is 3.32. The van der Waals surface area contributed by atoms with Crippen LogP contribution in [0.1, 0.15) is 0 Å². The molecule has 0 unspecified atom stereocenters. The summed E-state index contributed by atoms with van der Waals surface area (Å²) in [5.41, 5.74) is 0.944. The maximum atomic E-state index is 14.6. The zero-order chi connectivity index (χ0) is 19.5. The molecule has 7 nitrogen and oxygen atoms in total. The molecule has 150 valence electrons. The number of furan rings is 1. The highest BCUT2D eigenvalue weighted by Gasteiger charge is 2.32. The van der Waals surface area contributed by atoms with Gasteiger partial charge in [0.05, 0.1) is 29.1 Å². The number of nitrogens with zero attached hydrogens (tertiary/aromatic N) is 2. The van der Waals surface area contributed by atoms with Crippen LogP contribution < -0.4 is 14.5 Å². The fourth-order valence-electron chi connectivity index (χ4n) is 3.17. The van der Waals surface area contributed by atoms with Gasteiger partial charge in [-0.15, -0.1) is 0 Å². The number of carbonyl (C=O) groups is 1. The van der Waals surface area contributed by atoms with Gasteiger partial charge >= 0.3 is 6.09 Å². The van der Waals surface area contributed by atoms with Gasteiger partial charge in [-0.25, -0.2) is 9.18 Å². The summed E-state index contributed by atoms with van der Waals surface area (Å²) < 4.78 is 39.6. The summed E-state index contributed by atoms with van der Waals surface area (Å²) >= 11 is 1.39. The lowest BCUT2D eigenvalue weighted by molar-refractivity contribution is 0.143. The minimum Gasteiger partial charge on any atom is -0.471 e. The molecule has 3 heterocycles. The van der Waals surface area contributed by atoms with Crippen LogP contribution in [-0.4, -0.2) is 54.1 Å². The molecule has 1 aromatic carbocycles. The van der Waals surface area contributed by atoms with Crippen molar-refractivity contribution in [2.24, 2.45) is 0 Å². The number of halogens is 1. The van der Waals surface area contributed by atoms with E-state index in [1.807, 2.05) is 11.0 Å². The molecule has 2 saturated heterocycles. The average molecular weight is 426 g/mol. The molecule has 0 spiro atoms. The van der Waals surface area contributed by atoms with Crippen LogP contribution in [0.2, 0.25) is 0 Å². The highest BCUT2D eigenvalue weighted by Crippen LogP contribution is 2.28. The molecule has 28 heavy (non-hydrogen) atoms. The molecule has 0 bridgehead atoms.